The number of rotatable bonds is 2. The van der Waals surface area contributed by atoms with Crippen molar-refractivity contribution >= 4 is 0 Å². The lowest BCUT2D eigenvalue weighted by molar-refractivity contribution is 0.139. The van der Waals surface area contributed by atoms with Crippen LogP contribution in [0, 0.1) is 23.7 Å². The monoisotopic (exact) mass is 236 g/mol. The summed E-state index contributed by atoms with van der Waals surface area (Å²) >= 11 is 0. The minimum atomic E-state index is 0.901. The molecule has 0 aromatic rings. The largest absolute Gasteiger partial charge is 0.316 e. The quantitative estimate of drug-likeness (QED) is 0.792. The zero-order valence-corrected chi connectivity index (χ0v) is 11.5. The van der Waals surface area contributed by atoms with Crippen LogP contribution < -0.4 is 5.32 Å². The van der Waals surface area contributed by atoms with Gasteiger partial charge in [-0.1, -0.05) is 13.8 Å². The predicted octanol–water partition coefficient (Wildman–Crippen LogP) is 2.35. The highest BCUT2D eigenvalue weighted by Gasteiger charge is 2.39. The van der Waals surface area contributed by atoms with Crippen LogP contribution in [0.4, 0.5) is 0 Å². The summed E-state index contributed by atoms with van der Waals surface area (Å²) in [6, 6.07) is 0.926. The van der Waals surface area contributed by atoms with Crippen molar-refractivity contribution < 1.29 is 0 Å². The summed E-state index contributed by atoms with van der Waals surface area (Å²) in [7, 11) is 0. The van der Waals surface area contributed by atoms with Crippen LogP contribution >= 0.6 is 0 Å². The van der Waals surface area contributed by atoms with Crippen LogP contribution in [-0.4, -0.2) is 37.1 Å². The Morgan fingerprint density at radius 1 is 0.941 bits per heavy atom. The van der Waals surface area contributed by atoms with E-state index < -0.39 is 0 Å². The molecular weight excluding hydrogens is 208 g/mol. The molecule has 0 bridgehead atoms. The second-order valence-electron chi connectivity index (χ2n) is 6.94. The molecule has 1 saturated carbocycles. The van der Waals surface area contributed by atoms with Crippen LogP contribution in [0.25, 0.3) is 0 Å². The first kappa shape index (κ1) is 12.0. The highest BCUT2D eigenvalue weighted by atomic mass is 15.2. The molecule has 1 aliphatic carbocycles. The van der Waals surface area contributed by atoms with E-state index in [1.165, 1.54) is 51.9 Å². The van der Waals surface area contributed by atoms with E-state index >= 15 is 0 Å². The molecule has 3 fully saturated rings. The van der Waals surface area contributed by atoms with Crippen molar-refractivity contribution in [3.63, 3.8) is 0 Å². The molecule has 2 unspecified atom stereocenters. The molecule has 3 aliphatic rings. The summed E-state index contributed by atoms with van der Waals surface area (Å²) in [5, 5.41) is 3.54. The van der Waals surface area contributed by atoms with E-state index in [1.807, 2.05) is 0 Å². The van der Waals surface area contributed by atoms with Crippen LogP contribution in [0.15, 0.2) is 0 Å². The Morgan fingerprint density at radius 2 is 1.53 bits per heavy atom. The van der Waals surface area contributed by atoms with Crippen molar-refractivity contribution in [3.05, 3.63) is 0 Å². The third-order valence-corrected chi connectivity index (χ3v) is 5.62. The fraction of sp³-hybridized carbons (Fsp3) is 1.00. The van der Waals surface area contributed by atoms with Crippen molar-refractivity contribution in [1.82, 2.24) is 10.2 Å². The van der Waals surface area contributed by atoms with Crippen LogP contribution in [-0.2, 0) is 0 Å². The molecule has 2 saturated heterocycles. The smallest absolute Gasteiger partial charge is 0.00957 e. The van der Waals surface area contributed by atoms with Crippen molar-refractivity contribution in [1.29, 1.82) is 0 Å². The van der Waals surface area contributed by atoms with Gasteiger partial charge in [-0.25, -0.2) is 0 Å². The van der Waals surface area contributed by atoms with Crippen molar-refractivity contribution in [2.75, 3.05) is 26.2 Å². The number of nitrogens with zero attached hydrogens (tertiary/aromatic N) is 1. The van der Waals surface area contributed by atoms with E-state index in [9.17, 15) is 0 Å². The third-order valence-electron chi connectivity index (χ3n) is 5.62. The second kappa shape index (κ2) is 4.89. The first-order valence-electron chi connectivity index (χ1n) is 7.69. The number of hydrogen-bond donors (Lipinski definition) is 1. The molecule has 0 aromatic carbocycles. The van der Waals surface area contributed by atoms with E-state index in [1.54, 1.807) is 0 Å². The van der Waals surface area contributed by atoms with Crippen LogP contribution in [0.3, 0.4) is 0 Å². The van der Waals surface area contributed by atoms with Gasteiger partial charge in [0.1, 0.15) is 0 Å². The van der Waals surface area contributed by atoms with Crippen molar-refractivity contribution in [2.45, 2.75) is 45.6 Å². The van der Waals surface area contributed by atoms with Gasteiger partial charge in [-0.05, 0) is 62.4 Å². The summed E-state index contributed by atoms with van der Waals surface area (Å²) in [5.74, 6) is 3.85. The lowest BCUT2D eigenvalue weighted by Gasteiger charge is -2.36. The molecule has 3 rings (SSSR count). The molecule has 1 N–H and O–H groups in total. The zero-order valence-electron chi connectivity index (χ0n) is 11.5. The molecule has 0 spiro atoms. The molecule has 0 aromatic heterocycles. The Kier molecular flexibility index (Phi) is 3.45. The zero-order chi connectivity index (χ0) is 11.8. The Bertz CT molecular complexity index is 244. The molecular formula is C15H28N2. The molecule has 0 amide bonds. The van der Waals surface area contributed by atoms with Crippen LogP contribution in [0.5, 0.6) is 0 Å². The molecule has 98 valence electrons. The van der Waals surface area contributed by atoms with Gasteiger partial charge in [-0.2, -0.15) is 0 Å². The maximum Gasteiger partial charge on any atom is 0.00957 e. The Morgan fingerprint density at radius 3 is 2.06 bits per heavy atom. The van der Waals surface area contributed by atoms with E-state index in [4.69, 9.17) is 0 Å². The minimum Gasteiger partial charge on any atom is -0.316 e. The van der Waals surface area contributed by atoms with Gasteiger partial charge in [-0.3, -0.25) is 4.90 Å². The maximum atomic E-state index is 3.54. The lowest BCUT2D eigenvalue weighted by atomic mass is 9.79. The molecule has 2 nitrogen and oxygen atoms in total. The number of hydrogen-bond acceptors (Lipinski definition) is 2. The highest BCUT2D eigenvalue weighted by molar-refractivity contribution is 4.94. The average Bonchev–Trinajstić information content (AvgIpc) is 2.89. The minimum absolute atomic E-state index is 0.901. The van der Waals surface area contributed by atoms with Gasteiger partial charge in [0, 0.05) is 19.1 Å². The summed E-state index contributed by atoms with van der Waals surface area (Å²) in [5.41, 5.74) is 0. The summed E-state index contributed by atoms with van der Waals surface area (Å²) < 4.78 is 0. The summed E-state index contributed by atoms with van der Waals surface area (Å²) in [6.07, 6.45) is 5.89. The molecule has 17 heavy (non-hydrogen) atoms. The Hall–Kier alpha value is -0.0800. The summed E-state index contributed by atoms with van der Waals surface area (Å²) in [4.78, 5) is 2.83. The lowest BCUT2D eigenvalue weighted by Crippen LogP contribution is -2.38. The average molecular weight is 236 g/mol. The maximum absolute atomic E-state index is 3.54. The van der Waals surface area contributed by atoms with Gasteiger partial charge >= 0.3 is 0 Å². The Balaban J connectivity index is 1.51. The third kappa shape index (κ3) is 2.39. The molecule has 2 heteroatoms. The first-order chi connectivity index (χ1) is 8.24. The van der Waals surface area contributed by atoms with E-state index in [-0.39, 0.29) is 0 Å². The molecule has 0 radical (unpaired) electrons. The van der Waals surface area contributed by atoms with Crippen molar-refractivity contribution in [3.8, 4) is 0 Å². The van der Waals surface area contributed by atoms with Crippen LogP contribution in [0.1, 0.15) is 39.5 Å². The molecule has 2 heterocycles. The number of likely N-dealkylation sites (tertiary alicyclic amines) is 1. The SMILES string of the molecule is CC(C)C1CCC(N2CC3CNCC3C2)CC1. The number of nitrogens with one attached hydrogen (secondary N) is 1. The fourth-order valence-corrected chi connectivity index (χ4v) is 4.32. The Labute approximate surface area is 106 Å². The molecule has 2 aliphatic heterocycles. The van der Waals surface area contributed by atoms with E-state index in [0.717, 1.165) is 29.7 Å². The standard InChI is InChI=1S/C15H28N2/c1-11(2)12-3-5-15(6-4-12)17-9-13-7-16-8-14(13)10-17/h11-16H,3-10H2,1-2H3. The first-order valence-corrected chi connectivity index (χ1v) is 7.69. The van der Waals surface area contributed by atoms with Crippen molar-refractivity contribution in [2.24, 2.45) is 23.7 Å². The molecule has 2 atom stereocenters. The van der Waals surface area contributed by atoms with E-state index in [2.05, 4.69) is 24.1 Å². The van der Waals surface area contributed by atoms with Gasteiger partial charge in [0.2, 0.25) is 0 Å². The van der Waals surface area contributed by atoms with Gasteiger partial charge < -0.3 is 5.32 Å². The topological polar surface area (TPSA) is 15.3 Å². The predicted molar refractivity (Wildman–Crippen MR) is 72.0 cm³/mol. The second-order valence-corrected chi connectivity index (χ2v) is 6.94. The highest BCUT2D eigenvalue weighted by Crippen LogP contribution is 2.36. The summed E-state index contributed by atoms with van der Waals surface area (Å²) in [6.45, 7) is 10.1. The fourth-order valence-electron chi connectivity index (χ4n) is 4.32. The van der Waals surface area contributed by atoms with Gasteiger partial charge in [-0.15, -0.1) is 0 Å². The van der Waals surface area contributed by atoms with Gasteiger partial charge in [0.15, 0.2) is 0 Å². The van der Waals surface area contributed by atoms with E-state index in [0.29, 0.717) is 0 Å². The normalized spacial score (nSPS) is 43.2. The van der Waals surface area contributed by atoms with Gasteiger partial charge in [0.05, 0.1) is 0 Å². The van der Waals surface area contributed by atoms with Crippen LogP contribution in [0.2, 0.25) is 0 Å². The number of fused-ring (bicyclic) bond motifs is 1. The van der Waals surface area contributed by atoms with Gasteiger partial charge in [0.25, 0.3) is 0 Å².